The number of thiophene rings is 1. The SMILES string of the molecule is CCCCOc1ccc(C(=O)NN=Cc2ccccc2OC(=O)c2sc3ccccc3c2Cl)cc1. The van der Waals surface area contributed by atoms with Crippen molar-refractivity contribution in [3.63, 3.8) is 0 Å². The van der Waals surface area contributed by atoms with Gasteiger partial charge in [-0.15, -0.1) is 11.3 Å². The number of fused-ring (bicyclic) bond motifs is 1. The molecular formula is C27H23ClN2O4S. The van der Waals surface area contributed by atoms with E-state index in [1.54, 1.807) is 48.5 Å². The Bertz CT molecular complexity index is 1370. The molecule has 0 bridgehead atoms. The molecule has 1 aromatic heterocycles. The number of carbonyl (C=O) groups is 2. The first-order chi connectivity index (χ1) is 17.1. The summed E-state index contributed by atoms with van der Waals surface area (Å²) in [7, 11) is 0. The summed E-state index contributed by atoms with van der Waals surface area (Å²) in [5.74, 6) is 0.0980. The Morgan fingerprint density at radius 3 is 2.54 bits per heavy atom. The van der Waals surface area contributed by atoms with Crippen LogP contribution in [0.2, 0.25) is 5.02 Å². The number of amides is 1. The van der Waals surface area contributed by atoms with Crippen LogP contribution in [-0.4, -0.2) is 24.7 Å². The highest BCUT2D eigenvalue weighted by Gasteiger charge is 2.19. The number of carbonyl (C=O) groups excluding carboxylic acids is 2. The Hall–Kier alpha value is -3.68. The largest absolute Gasteiger partial charge is 0.494 e. The summed E-state index contributed by atoms with van der Waals surface area (Å²) < 4.78 is 12.1. The number of halogens is 1. The first-order valence-corrected chi connectivity index (χ1v) is 12.3. The summed E-state index contributed by atoms with van der Waals surface area (Å²) in [6.07, 6.45) is 3.46. The van der Waals surface area contributed by atoms with E-state index in [2.05, 4.69) is 17.5 Å². The van der Waals surface area contributed by atoms with Crippen LogP contribution in [0.4, 0.5) is 0 Å². The van der Waals surface area contributed by atoms with Gasteiger partial charge in [-0.05, 0) is 48.9 Å². The quantitative estimate of drug-likeness (QED) is 0.0898. The molecule has 0 saturated heterocycles. The van der Waals surface area contributed by atoms with Gasteiger partial charge in [-0.2, -0.15) is 5.10 Å². The third kappa shape index (κ3) is 6.07. The van der Waals surface area contributed by atoms with Gasteiger partial charge >= 0.3 is 5.97 Å². The molecule has 178 valence electrons. The highest BCUT2D eigenvalue weighted by atomic mass is 35.5. The van der Waals surface area contributed by atoms with E-state index in [9.17, 15) is 9.59 Å². The molecule has 35 heavy (non-hydrogen) atoms. The third-order valence-corrected chi connectivity index (χ3v) is 6.75. The molecule has 1 amide bonds. The Labute approximate surface area is 212 Å². The minimum absolute atomic E-state index is 0.303. The van der Waals surface area contributed by atoms with Gasteiger partial charge in [0.15, 0.2) is 0 Å². The van der Waals surface area contributed by atoms with Crippen molar-refractivity contribution < 1.29 is 19.1 Å². The van der Waals surface area contributed by atoms with E-state index in [1.807, 2.05) is 24.3 Å². The van der Waals surface area contributed by atoms with Crippen LogP contribution in [0.5, 0.6) is 11.5 Å². The molecule has 0 unspecified atom stereocenters. The molecule has 0 aliphatic heterocycles. The Morgan fingerprint density at radius 2 is 1.77 bits per heavy atom. The fraction of sp³-hybridized carbons (Fsp3) is 0.148. The minimum atomic E-state index is -0.553. The predicted octanol–water partition coefficient (Wildman–Crippen LogP) is 6.72. The maximum absolute atomic E-state index is 12.8. The number of hydrogen-bond donors (Lipinski definition) is 1. The number of hydrogen-bond acceptors (Lipinski definition) is 6. The maximum Gasteiger partial charge on any atom is 0.355 e. The second-order valence-electron chi connectivity index (χ2n) is 7.59. The van der Waals surface area contributed by atoms with E-state index in [1.165, 1.54) is 17.6 Å². The molecule has 0 fully saturated rings. The van der Waals surface area contributed by atoms with E-state index in [4.69, 9.17) is 21.1 Å². The lowest BCUT2D eigenvalue weighted by atomic mass is 10.2. The zero-order valence-corrected chi connectivity index (χ0v) is 20.6. The third-order valence-electron chi connectivity index (χ3n) is 5.09. The fourth-order valence-corrected chi connectivity index (χ4v) is 4.62. The second-order valence-corrected chi connectivity index (χ2v) is 9.02. The van der Waals surface area contributed by atoms with Crippen LogP contribution in [0.25, 0.3) is 10.1 Å². The summed E-state index contributed by atoms with van der Waals surface area (Å²) in [5.41, 5.74) is 3.46. The number of para-hydroxylation sites is 1. The Morgan fingerprint density at radius 1 is 1.03 bits per heavy atom. The van der Waals surface area contributed by atoms with Crippen molar-refractivity contribution in [1.29, 1.82) is 0 Å². The van der Waals surface area contributed by atoms with E-state index < -0.39 is 5.97 Å². The van der Waals surface area contributed by atoms with E-state index in [0.717, 1.165) is 22.9 Å². The van der Waals surface area contributed by atoms with Crippen molar-refractivity contribution in [3.8, 4) is 11.5 Å². The van der Waals surface area contributed by atoms with Gasteiger partial charge in [0.05, 0.1) is 17.8 Å². The van der Waals surface area contributed by atoms with Crippen molar-refractivity contribution in [2.75, 3.05) is 6.61 Å². The van der Waals surface area contributed by atoms with Crippen LogP contribution in [0, 0.1) is 0 Å². The molecule has 0 aliphatic rings. The van der Waals surface area contributed by atoms with Gasteiger partial charge in [0.25, 0.3) is 5.91 Å². The molecule has 0 spiro atoms. The zero-order chi connectivity index (χ0) is 24.6. The van der Waals surface area contributed by atoms with E-state index in [-0.39, 0.29) is 5.91 Å². The van der Waals surface area contributed by atoms with E-state index >= 15 is 0 Å². The molecule has 0 saturated carbocycles. The van der Waals surface area contributed by atoms with Gasteiger partial charge in [0.1, 0.15) is 16.4 Å². The van der Waals surface area contributed by atoms with Crippen molar-refractivity contribution in [2.45, 2.75) is 19.8 Å². The van der Waals surface area contributed by atoms with Crippen molar-refractivity contribution in [2.24, 2.45) is 5.10 Å². The van der Waals surface area contributed by atoms with Crippen LogP contribution in [0.3, 0.4) is 0 Å². The molecule has 0 atom stereocenters. The van der Waals surface area contributed by atoms with Gasteiger partial charge in [0, 0.05) is 21.2 Å². The fourth-order valence-electron chi connectivity index (χ4n) is 3.23. The highest BCUT2D eigenvalue weighted by molar-refractivity contribution is 7.21. The molecule has 3 aromatic carbocycles. The van der Waals surface area contributed by atoms with Gasteiger partial charge in [0.2, 0.25) is 0 Å². The lowest BCUT2D eigenvalue weighted by Gasteiger charge is -2.07. The zero-order valence-electron chi connectivity index (χ0n) is 19.0. The molecular weight excluding hydrogens is 484 g/mol. The number of nitrogens with one attached hydrogen (secondary N) is 1. The first kappa shape index (κ1) is 24.4. The van der Waals surface area contributed by atoms with Crippen molar-refractivity contribution >= 4 is 51.1 Å². The topological polar surface area (TPSA) is 77.0 Å². The van der Waals surface area contributed by atoms with Crippen LogP contribution >= 0.6 is 22.9 Å². The lowest BCUT2D eigenvalue weighted by Crippen LogP contribution is -2.17. The Kier molecular flexibility index (Phi) is 8.13. The monoisotopic (exact) mass is 506 g/mol. The van der Waals surface area contributed by atoms with Gasteiger partial charge < -0.3 is 9.47 Å². The summed E-state index contributed by atoms with van der Waals surface area (Å²) in [5, 5.41) is 5.20. The highest BCUT2D eigenvalue weighted by Crippen LogP contribution is 2.36. The molecule has 1 heterocycles. The molecule has 4 rings (SSSR count). The van der Waals surface area contributed by atoms with Crippen LogP contribution in [-0.2, 0) is 0 Å². The summed E-state index contributed by atoms with van der Waals surface area (Å²) in [4.78, 5) is 25.6. The number of hydrazone groups is 1. The molecule has 4 aromatic rings. The Balaban J connectivity index is 1.40. The number of unbranched alkanes of at least 4 members (excludes halogenated alkanes) is 1. The molecule has 8 heteroatoms. The van der Waals surface area contributed by atoms with Crippen LogP contribution in [0.1, 0.15) is 45.4 Å². The predicted molar refractivity (Wildman–Crippen MR) is 140 cm³/mol. The van der Waals surface area contributed by atoms with Gasteiger partial charge in [-0.25, -0.2) is 10.2 Å². The molecule has 0 radical (unpaired) electrons. The number of rotatable bonds is 9. The van der Waals surface area contributed by atoms with E-state index in [0.29, 0.717) is 39.1 Å². The minimum Gasteiger partial charge on any atom is -0.494 e. The number of nitrogens with zero attached hydrogens (tertiary/aromatic N) is 1. The number of esters is 1. The lowest BCUT2D eigenvalue weighted by molar-refractivity contribution is 0.0739. The second kappa shape index (κ2) is 11.6. The standard InChI is InChI=1S/C27H23ClN2O4S/c1-2-3-16-33-20-14-12-18(13-15-20)26(31)30-29-17-19-8-4-6-10-22(19)34-27(32)25-24(28)21-9-5-7-11-23(21)35-25/h4-15,17H,2-3,16H2,1H3,(H,30,31). The molecule has 0 aliphatic carbocycles. The average Bonchev–Trinajstić information content (AvgIpc) is 3.22. The van der Waals surface area contributed by atoms with Gasteiger partial charge in [-0.3, -0.25) is 4.79 Å². The van der Waals surface area contributed by atoms with Crippen LogP contribution < -0.4 is 14.9 Å². The summed E-state index contributed by atoms with van der Waals surface area (Å²) in [6.45, 7) is 2.74. The first-order valence-electron chi connectivity index (χ1n) is 11.1. The summed E-state index contributed by atoms with van der Waals surface area (Å²) in [6, 6.07) is 21.3. The maximum atomic E-state index is 12.8. The van der Waals surface area contributed by atoms with Crippen molar-refractivity contribution in [3.05, 3.63) is 93.8 Å². The smallest absolute Gasteiger partial charge is 0.355 e. The normalized spacial score (nSPS) is 11.0. The average molecular weight is 507 g/mol. The van der Waals surface area contributed by atoms with Gasteiger partial charge in [-0.1, -0.05) is 55.3 Å². The number of ether oxygens (including phenoxy) is 2. The summed E-state index contributed by atoms with van der Waals surface area (Å²) >= 11 is 7.68. The van der Waals surface area contributed by atoms with Crippen molar-refractivity contribution in [1.82, 2.24) is 5.43 Å². The molecule has 6 nitrogen and oxygen atoms in total. The molecule has 1 N–H and O–H groups in total. The van der Waals surface area contributed by atoms with Crippen LogP contribution in [0.15, 0.2) is 77.9 Å². The number of benzene rings is 3.